The Hall–Kier alpha value is -1.14. The number of piperidine rings is 1. The van der Waals surface area contributed by atoms with Gasteiger partial charge in [-0.05, 0) is 75.5 Å². The molecule has 1 spiro atoms. The van der Waals surface area contributed by atoms with Crippen molar-refractivity contribution in [1.29, 1.82) is 0 Å². The fourth-order valence-corrected chi connectivity index (χ4v) is 6.59. The van der Waals surface area contributed by atoms with Crippen molar-refractivity contribution < 1.29 is 14.3 Å². The third kappa shape index (κ3) is 5.62. The van der Waals surface area contributed by atoms with E-state index in [0.29, 0.717) is 17.4 Å². The van der Waals surface area contributed by atoms with Gasteiger partial charge in [0, 0.05) is 65.8 Å². The first-order chi connectivity index (χ1) is 15.0. The highest BCUT2D eigenvalue weighted by Crippen LogP contribution is 2.46. The van der Waals surface area contributed by atoms with Crippen LogP contribution in [0.3, 0.4) is 0 Å². The molecule has 2 heterocycles. The molecule has 2 aliphatic carbocycles. The molecule has 0 aromatic rings. The maximum Gasteiger partial charge on any atom is 0.225 e. The Morgan fingerprint density at radius 1 is 0.806 bits per heavy atom. The van der Waals surface area contributed by atoms with Crippen LogP contribution >= 0.6 is 0 Å². The van der Waals surface area contributed by atoms with Crippen LogP contribution in [0.25, 0.3) is 0 Å². The van der Waals surface area contributed by atoms with Crippen molar-refractivity contribution in [3.63, 3.8) is 0 Å². The van der Waals surface area contributed by atoms with Gasteiger partial charge in [0.25, 0.3) is 0 Å². The van der Waals surface area contributed by atoms with Crippen molar-refractivity contribution in [1.82, 2.24) is 14.7 Å². The van der Waals surface area contributed by atoms with Crippen LogP contribution in [0.2, 0.25) is 0 Å². The number of carbonyl (C=O) groups excluding carboxylic acids is 2. The number of carbonyl (C=O) groups is 2. The van der Waals surface area contributed by atoms with Crippen molar-refractivity contribution in [3.05, 3.63) is 0 Å². The summed E-state index contributed by atoms with van der Waals surface area (Å²) in [6.45, 7) is 8.71. The normalized spacial score (nSPS) is 30.5. The Labute approximate surface area is 188 Å². The van der Waals surface area contributed by atoms with Crippen molar-refractivity contribution in [2.45, 2.75) is 77.2 Å². The summed E-state index contributed by atoms with van der Waals surface area (Å²) in [6, 6.07) is 0. The summed E-state index contributed by atoms with van der Waals surface area (Å²) in [6.07, 6.45) is 12.2. The minimum absolute atomic E-state index is 0.224. The molecular formula is C25H43N3O3. The lowest BCUT2D eigenvalue weighted by Crippen LogP contribution is -2.52. The summed E-state index contributed by atoms with van der Waals surface area (Å²) in [4.78, 5) is 31.3. The molecular weight excluding hydrogens is 390 g/mol. The Balaban J connectivity index is 1.15. The predicted octanol–water partition coefficient (Wildman–Crippen LogP) is 3.15. The van der Waals surface area contributed by atoms with Gasteiger partial charge in [-0.1, -0.05) is 0 Å². The number of piperazine rings is 1. The van der Waals surface area contributed by atoms with E-state index in [1.165, 1.54) is 45.1 Å². The van der Waals surface area contributed by atoms with Crippen LogP contribution in [0.5, 0.6) is 0 Å². The second kappa shape index (κ2) is 10.2. The smallest absolute Gasteiger partial charge is 0.225 e. The number of rotatable bonds is 4. The van der Waals surface area contributed by atoms with Crippen molar-refractivity contribution in [2.75, 3.05) is 52.9 Å². The molecule has 2 aliphatic heterocycles. The molecule has 2 saturated heterocycles. The maximum absolute atomic E-state index is 12.9. The monoisotopic (exact) mass is 433 g/mol. The molecule has 0 radical (unpaired) electrons. The summed E-state index contributed by atoms with van der Waals surface area (Å²) < 4.78 is 5.45. The van der Waals surface area contributed by atoms with Gasteiger partial charge in [-0.3, -0.25) is 14.5 Å². The molecule has 176 valence electrons. The lowest BCUT2D eigenvalue weighted by molar-refractivity contribution is -0.139. The van der Waals surface area contributed by atoms with Crippen LogP contribution in [-0.4, -0.2) is 85.5 Å². The molecule has 31 heavy (non-hydrogen) atoms. The van der Waals surface area contributed by atoms with E-state index in [2.05, 4.69) is 9.80 Å². The SMILES string of the molecule is COC1CCC(C(=O)N2CCN(CC3CCC4(CC3)CCN(C(C)=O)CC4)CC2)CC1. The lowest BCUT2D eigenvalue weighted by Gasteiger charge is -2.47. The van der Waals surface area contributed by atoms with Crippen molar-refractivity contribution >= 4 is 11.8 Å². The van der Waals surface area contributed by atoms with Crippen LogP contribution in [0.4, 0.5) is 0 Å². The van der Waals surface area contributed by atoms with Gasteiger partial charge in [-0.25, -0.2) is 0 Å². The highest BCUT2D eigenvalue weighted by Gasteiger charge is 2.39. The Morgan fingerprint density at radius 2 is 1.42 bits per heavy atom. The molecule has 0 aromatic carbocycles. The number of likely N-dealkylation sites (tertiary alicyclic amines) is 1. The fraction of sp³-hybridized carbons (Fsp3) is 0.920. The van der Waals surface area contributed by atoms with E-state index in [1.807, 2.05) is 4.90 Å². The Kier molecular flexibility index (Phi) is 7.58. The van der Waals surface area contributed by atoms with Gasteiger partial charge in [0.15, 0.2) is 0 Å². The summed E-state index contributed by atoms with van der Waals surface area (Å²) in [5.41, 5.74) is 0.509. The summed E-state index contributed by atoms with van der Waals surface area (Å²) in [7, 11) is 1.79. The quantitative estimate of drug-likeness (QED) is 0.683. The number of hydrogen-bond donors (Lipinski definition) is 0. The van der Waals surface area contributed by atoms with Crippen LogP contribution < -0.4 is 0 Å². The fourth-order valence-electron chi connectivity index (χ4n) is 6.59. The average Bonchev–Trinajstić information content (AvgIpc) is 2.81. The van der Waals surface area contributed by atoms with Crippen molar-refractivity contribution in [3.8, 4) is 0 Å². The van der Waals surface area contributed by atoms with E-state index in [1.54, 1.807) is 14.0 Å². The van der Waals surface area contributed by atoms with E-state index in [-0.39, 0.29) is 11.8 Å². The number of methoxy groups -OCH3 is 1. The van der Waals surface area contributed by atoms with Crippen LogP contribution in [0.15, 0.2) is 0 Å². The highest BCUT2D eigenvalue weighted by molar-refractivity contribution is 5.79. The third-order valence-corrected chi connectivity index (χ3v) is 8.99. The second-order valence-electron chi connectivity index (χ2n) is 10.8. The van der Waals surface area contributed by atoms with Crippen LogP contribution in [0, 0.1) is 17.3 Å². The molecule has 0 bridgehead atoms. The number of amides is 2. The zero-order valence-electron chi connectivity index (χ0n) is 19.8. The summed E-state index contributed by atoms with van der Waals surface area (Å²) >= 11 is 0. The van der Waals surface area contributed by atoms with Crippen molar-refractivity contribution in [2.24, 2.45) is 17.3 Å². The van der Waals surface area contributed by atoms with Gasteiger partial charge >= 0.3 is 0 Å². The van der Waals surface area contributed by atoms with Crippen LogP contribution in [-0.2, 0) is 14.3 Å². The zero-order valence-corrected chi connectivity index (χ0v) is 19.8. The van der Waals surface area contributed by atoms with E-state index >= 15 is 0 Å². The highest BCUT2D eigenvalue weighted by atomic mass is 16.5. The van der Waals surface area contributed by atoms with Crippen LogP contribution in [0.1, 0.15) is 71.1 Å². The minimum atomic E-state index is 0.224. The number of nitrogens with zero attached hydrogens (tertiary/aromatic N) is 3. The molecule has 2 amide bonds. The Morgan fingerprint density at radius 3 is 1.97 bits per heavy atom. The average molecular weight is 434 g/mol. The van der Waals surface area contributed by atoms with E-state index in [9.17, 15) is 9.59 Å². The van der Waals surface area contributed by atoms with Gasteiger partial charge in [0.1, 0.15) is 0 Å². The van der Waals surface area contributed by atoms with Gasteiger partial charge in [0.05, 0.1) is 6.10 Å². The third-order valence-electron chi connectivity index (χ3n) is 8.99. The second-order valence-corrected chi connectivity index (χ2v) is 10.8. The Bertz CT molecular complexity index is 606. The molecule has 0 N–H and O–H groups in total. The molecule has 0 aromatic heterocycles. The van der Waals surface area contributed by atoms with E-state index in [4.69, 9.17) is 4.74 Å². The molecule has 6 heteroatoms. The van der Waals surface area contributed by atoms with E-state index < -0.39 is 0 Å². The van der Waals surface area contributed by atoms with Gasteiger partial charge in [-0.15, -0.1) is 0 Å². The molecule has 6 nitrogen and oxygen atoms in total. The van der Waals surface area contributed by atoms with Gasteiger partial charge in [0.2, 0.25) is 11.8 Å². The molecule has 0 unspecified atom stereocenters. The predicted molar refractivity (Wildman–Crippen MR) is 122 cm³/mol. The number of ether oxygens (including phenoxy) is 1. The zero-order chi connectivity index (χ0) is 21.8. The first-order valence-corrected chi connectivity index (χ1v) is 12.8. The summed E-state index contributed by atoms with van der Waals surface area (Å²) in [5, 5.41) is 0. The molecule has 4 rings (SSSR count). The molecule has 4 aliphatic rings. The first kappa shape index (κ1) is 23.0. The minimum Gasteiger partial charge on any atom is -0.381 e. The first-order valence-electron chi connectivity index (χ1n) is 12.8. The lowest BCUT2D eigenvalue weighted by atomic mass is 9.65. The topological polar surface area (TPSA) is 53.1 Å². The molecule has 2 saturated carbocycles. The molecule has 4 fully saturated rings. The number of hydrogen-bond acceptors (Lipinski definition) is 4. The van der Waals surface area contributed by atoms with Gasteiger partial charge in [-0.2, -0.15) is 0 Å². The standard InChI is InChI=1S/C25H43N3O3/c1-20(29)27-13-11-25(12-14-27)9-7-21(8-10-25)19-26-15-17-28(18-16-26)24(30)22-3-5-23(31-2)6-4-22/h21-23H,3-19H2,1-2H3. The maximum atomic E-state index is 12.9. The van der Waals surface area contributed by atoms with E-state index in [0.717, 1.165) is 70.9 Å². The molecule has 0 atom stereocenters. The van der Waals surface area contributed by atoms with Gasteiger partial charge < -0.3 is 14.5 Å². The summed E-state index contributed by atoms with van der Waals surface area (Å²) in [5.74, 6) is 1.67. The largest absolute Gasteiger partial charge is 0.381 e.